The van der Waals surface area contributed by atoms with Gasteiger partial charge in [0.2, 0.25) is 0 Å². The Morgan fingerprint density at radius 3 is 2.62 bits per heavy atom. The molecule has 3 aromatic rings. The zero-order valence-corrected chi connectivity index (χ0v) is 15.0. The van der Waals surface area contributed by atoms with Crippen molar-refractivity contribution in [1.29, 1.82) is 0 Å². The molecule has 1 amide bonds. The fraction of sp³-hybridized carbons (Fsp3) is 0.250. The Morgan fingerprint density at radius 1 is 1.12 bits per heavy atom. The monoisotopic (exact) mass is 350 g/mol. The van der Waals surface area contributed by atoms with Crippen LogP contribution in [0.3, 0.4) is 0 Å². The van der Waals surface area contributed by atoms with Gasteiger partial charge in [0.05, 0.1) is 5.69 Å². The van der Waals surface area contributed by atoms with Gasteiger partial charge in [-0.2, -0.15) is 5.10 Å². The van der Waals surface area contributed by atoms with Gasteiger partial charge in [-0.05, 0) is 43.5 Å². The number of benzene rings is 1. The van der Waals surface area contributed by atoms with E-state index in [2.05, 4.69) is 15.4 Å². The van der Waals surface area contributed by atoms with Crippen LogP contribution in [0.25, 0.3) is 5.82 Å². The summed E-state index contributed by atoms with van der Waals surface area (Å²) in [5.74, 6) is 0.787. The van der Waals surface area contributed by atoms with Crippen molar-refractivity contribution >= 4 is 6.09 Å². The number of nitrogens with zero attached hydrogens (tertiary/aromatic N) is 3. The van der Waals surface area contributed by atoms with E-state index >= 15 is 0 Å². The molecule has 0 aliphatic carbocycles. The number of nitrogens with one attached hydrogen (secondary N) is 1. The first kappa shape index (κ1) is 17.7. The molecule has 6 nitrogen and oxygen atoms in total. The summed E-state index contributed by atoms with van der Waals surface area (Å²) in [6.07, 6.45) is 2.02. The summed E-state index contributed by atoms with van der Waals surface area (Å²) in [4.78, 5) is 16.2. The average Bonchev–Trinajstić information content (AvgIpc) is 2.96. The van der Waals surface area contributed by atoms with Crippen molar-refractivity contribution in [2.45, 2.75) is 26.9 Å². The predicted octanol–water partition coefficient (Wildman–Crippen LogP) is 3.35. The summed E-state index contributed by atoms with van der Waals surface area (Å²) in [6, 6.07) is 15.3. The highest BCUT2D eigenvalue weighted by Gasteiger charge is 2.13. The number of carbonyl (C=O) groups is 1. The van der Waals surface area contributed by atoms with Crippen LogP contribution in [0.1, 0.15) is 22.5 Å². The maximum Gasteiger partial charge on any atom is 0.407 e. The molecule has 1 aromatic carbocycles. The highest BCUT2D eigenvalue weighted by molar-refractivity contribution is 5.67. The summed E-state index contributed by atoms with van der Waals surface area (Å²) in [5, 5.41) is 7.36. The predicted molar refractivity (Wildman–Crippen MR) is 99.2 cm³/mol. The number of rotatable bonds is 6. The SMILES string of the molecule is Cc1nn(-c2ccccn2)c(C)c1CCNC(=O)OCc1ccccc1. The van der Waals surface area contributed by atoms with Gasteiger partial charge in [-0.1, -0.05) is 36.4 Å². The number of aromatic nitrogens is 3. The van der Waals surface area contributed by atoms with Crippen LogP contribution in [0.5, 0.6) is 0 Å². The molecule has 1 N–H and O–H groups in total. The van der Waals surface area contributed by atoms with Crippen molar-refractivity contribution in [2.75, 3.05) is 6.54 Å². The lowest BCUT2D eigenvalue weighted by atomic mass is 10.1. The number of hydrogen-bond donors (Lipinski definition) is 1. The number of pyridine rings is 1. The molecule has 0 unspecified atom stereocenters. The van der Waals surface area contributed by atoms with E-state index in [4.69, 9.17) is 4.74 Å². The fourth-order valence-corrected chi connectivity index (χ4v) is 2.80. The third-order valence-corrected chi connectivity index (χ3v) is 4.16. The van der Waals surface area contributed by atoms with Crippen molar-refractivity contribution in [3.8, 4) is 5.82 Å². The molecule has 0 saturated carbocycles. The Labute approximate surface area is 152 Å². The van der Waals surface area contributed by atoms with Gasteiger partial charge in [0.1, 0.15) is 6.61 Å². The van der Waals surface area contributed by atoms with Crippen LogP contribution in [0.15, 0.2) is 54.7 Å². The van der Waals surface area contributed by atoms with E-state index in [-0.39, 0.29) is 6.61 Å². The van der Waals surface area contributed by atoms with Gasteiger partial charge in [-0.3, -0.25) is 0 Å². The highest BCUT2D eigenvalue weighted by Crippen LogP contribution is 2.16. The van der Waals surface area contributed by atoms with Crippen molar-refractivity contribution in [2.24, 2.45) is 0 Å². The van der Waals surface area contributed by atoms with Gasteiger partial charge in [-0.25, -0.2) is 14.5 Å². The first-order valence-electron chi connectivity index (χ1n) is 8.56. The van der Waals surface area contributed by atoms with Crippen LogP contribution in [-0.4, -0.2) is 27.4 Å². The minimum absolute atomic E-state index is 0.266. The molecule has 0 aliphatic rings. The second kappa shape index (κ2) is 8.29. The molecule has 0 saturated heterocycles. The Hall–Kier alpha value is -3.15. The van der Waals surface area contributed by atoms with Gasteiger partial charge in [0, 0.05) is 18.4 Å². The summed E-state index contributed by atoms with van der Waals surface area (Å²) < 4.78 is 7.05. The Morgan fingerprint density at radius 2 is 1.88 bits per heavy atom. The van der Waals surface area contributed by atoms with Crippen LogP contribution in [0, 0.1) is 13.8 Å². The van der Waals surface area contributed by atoms with E-state index < -0.39 is 6.09 Å². The lowest BCUT2D eigenvalue weighted by molar-refractivity contribution is 0.140. The number of ether oxygens (including phenoxy) is 1. The number of hydrogen-bond acceptors (Lipinski definition) is 4. The first-order chi connectivity index (χ1) is 12.6. The maximum absolute atomic E-state index is 11.8. The van der Waals surface area contributed by atoms with Crippen molar-refractivity contribution in [3.05, 3.63) is 77.2 Å². The average molecular weight is 350 g/mol. The highest BCUT2D eigenvalue weighted by atomic mass is 16.5. The molecular formula is C20H22N4O2. The third kappa shape index (κ3) is 4.27. The number of alkyl carbamates (subject to hydrolysis) is 1. The molecular weight excluding hydrogens is 328 g/mol. The molecule has 2 aromatic heterocycles. The quantitative estimate of drug-likeness (QED) is 0.740. The summed E-state index contributed by atoms with van der Waals surface area (Å²) >= 11 is 0. The van der Waals surface area contributed by atoms with Gasteiger partial charge >= 0.3 is 6.09 Å². The number of amides is 1. The van der Waals surface area contributed by atoms with E-state index in [1.54, 1.807) is 6.20 Å². The first-order valence-corrected chi connectivity index (χ1v) is 8.56. The Kier molecular flexibility index (Phi) is 5.63. The summed E-state index contributed by atoms with van der Waals surface area (Å²) in [6.45, 7) is 4.73. The fourth-order valence-electron chi connectivity index (χ4n) is 2.80. The van der Waals surface area contributed by atoms with Gasteiger partial charge in [0.15, 0.2) is 5.82 Å². The Bertz CT molecular complexity index is 860. The van der Waals surface area contributed by atoms with Gasteiger partial charge in [-0.15, -0.1) is 0 Å². The van der Waals surface area contributed by atoms with Crippen molar-refractivity contribution in [3.63, 3.8) is 0 Å². The molecule has 2 heterocycles. The van der Waals surface area contributed by atoms with E-state index in [0.717, 1.165) is 28.3 Å². The molecule has 0 bridgehead atoms. The molecule has 0 radical (unpaired) electrons. The molecule has 0 fully saturated rings. The molecule has 0 aliphatic heterocycles. The largest absolute Gasteiger partial charge is 0.445 e. The Balaban J connectivity index is 1.53. The normalized spacial score (nSPS) is 10.5. The summed E-state index contributed by atoms with van der Waals surface area (Å²) in [5.41, 5.74) is 4.04. The van der Waals surface area contributed by atoms with Crippen molar-refractivity contribution in [1.82, 2.24) is 20.1 Å². The van der Waals surface area contributed by atoms with E-state index in [1.165, 1.54) is 0 Å². The van der Waals surface area contributed by atoms with Gasteiger partial charge < -0.3 is 10.1 Å². The lowest BCUT2D eigenvalue weighted by Crippen LogP contribution is -2.26. The molecule has 0 spiro atoms. The standard InChI is InChI=1S/C20H22N4O2/c1-15-18(16(2)24(23-15)19-10-6-7-12-21-19)11-13-22-20(25)26-14-17-8-4-3-5-9-17/h3-10,12H,11,13-14H2,1-2H3,(H,22,25). The van der Waals surface area contributed by atoms with Gasteiger partial charge in [0.25, 0.3) is 0 Å². The zero-order chi connectivity index (χ0) is 18.4. The third-order valence-electron chi connectivity index (χ3n) is 4.16. The second-order valence-corrected chi connectivity index (χ2v) is 5.99. The van der Waals surface area contributed by atoms with Crippen LogP contribution in [0.2, 0.25) is 0 Å². The van der Waals surface area contributed by atoms with E-state index in [0.29, 0.717) is 13.0 Å². The molecule has 0 atom stereocenters. The maximum atomic E-state index is 11.8. The van der Waals surface area contributed by atoms with Crippen LogP contribution in [-0.2, 0) is 17.8 Å². The van der Waals surface area contributed by atoms with Crippen LogP contribution >= 0.6 is 0 Å². The van der Waals surface area contributed by atoms with E-state index in [9.17, 15) is 4.79 Å². The summed E-state index contributed by atoms with van der Waals surface area (Å²) in [7, 11) is 0. The molecule has 26 heavy (non-hydrogen) atoms. The smallest absolute Gasteiger partial charge is 0.407 e. The van der Waals surface area contributed by atoms with E-state index in [1.807, 2.05) is 67.1 Å². The molecule has 6 heteroatoms. The second-order valence-electron chi connectivity index (χ2n) is 5.99. The lowest BCUT2D eigenvalue weighted by Gasteiger charge is -2.08. The molecule has 134 valence electrons. The minimum Gasteiger partial charge on any atom is -0.445 e. The van der Waals surface area contributed by atoms with Crippen LogP contribution < -0.4 is 5.32 Å². The zero-order valence-electron chi connectivity index (χ0n) is 15.0. The minimum atomic E-state index is -0.415. The number of aryl methyl sites for hydroxylation is 1. The topological polar surface area (TPSA) is 69.0 Å². The van der Waals surface area contributed by atoms with Crippen molar-refractivity contribution < 1.29 is 9.53 Å². The van der Waals surface area contributed by atoms with Crippen LogP contribution in [0.4, 0.5) is 4.79 Å². The molecule has 3 rings (SSSR count). The number of carbonyl (C=O) groups excluding carboxylic acids is 1.